The monoisotopic (exact) mass is 364 g/mol. The van der Waals surface area contributed by atoms with Crippen molar-refractivity contribution < 1.29 is 14.3 Å². The quantitative estimate of drug-likeness (QED) is 0.644. The molecule has 1 N–H and O–H groups in total. The van der Waals surface area contributed by atoms with Crippen LogP contribution in [0.15, 0.2) is 48.5 Å². The lowest BCUT2D eigenvalue weighted by Gasteiger charge is -2.11. The number of benzene rings is 2. The van der Waals surface area contributed by atoms with E-state index in [1.54, 1.807) is 14.2 Å². The fraction of sp³-hybridized carbons (Fsp3) is 0.273. The van der Waals surface area contributed by atoms with Gasteiger partial charge in [0, 0.05) is 31.2 Å². The summed E-state index contributed by atoms with van der Waals surface area (Å²) in [7, 11) is 3.29. The van der Waals surface area contributed by atoms with Crippen molar-refractivity contribution in [3.05, 3.63) is 59.7 Å². The number of hydrogen-bond acceptors (Lipinski definition) is 4. The van der Waals surface area contributed by atoms with Gasteiger partial charge in [0.15, 0.2) is 0 Å². The minimum absolute atomic E-state index is 0.0983. The Kier molecular flexibility index (Phi) is 6.04. The molecule has 0 saturated carbocycles. The van der Waals surface area contributed by atoms with Crippen molar-refractivity contribution >= 4 is 16.8 Å². The predicted octanol–water partition coefficient (Wildman–Crippen LogP) is 3.99. The van der Waals surface area contributed by atoms with Crippen molar-refractivity contribution in [1.29, 1.82) is 0 Å². The lowest BCUT2D eigenvalue weighted by Crippen LogP contribution is -2.25. The second-order valence-electron chi connectivity index (χ2n) is 6.41. The number of aryl methyl sites for hydroxylation is 1. The Morgan fingerprint density at radius 2 is 1.85 bits per heavy atom. The topological polar surface area (TPSA) is 60.5 Å². The smallest absolute Gasteiger partial charge is 0.252 e. The number of aromatic nitrogens is 1. The van der Waals surface area contributed by atoms with Gasteiger partial charge in [0.1, 0.15) is 5.75 Å². The molecule has 1 amide bonds. The zero-order valence-electron chi connectivity index (χ0n) is 15.9. The van der Waals surface area contributed by atoms with E-state index in [-0.39, 0.29) is 5.91 Å². The van der Waals surface area contributed by atoms with Crippen molar-refractivity contribution in [2.75, 3.05) is 27.4 Å². The lowest BCUT2D eigenvalue weighted by molar-refractivity contribution is 0.0950. The van der Waals surface area contributed by atoms with Crippen LogP contribution in [-0.2, 0) is 4.74 Å². The number of methoxy groups -OCH3 is 2. The summed E-state index contributed by atoms with van der Waals surface area (Å²) in [5.74, 6) is 0.685. The summed E-state index contributed by atoms with van der Waals surface area (Å²) in [5.41, 5.74) is 4.22. The van der Waals surface area contributed by atoms with Gasteiger partial charge in [-0.05, 0) is 55.8 Å². The van der Waals surface area contributed by atoms with Crippen LogP contribution in [0, 0.1) is 6.92 Å². The number of ether oxygens (including phenoxy) is 2. The number of rotatable bonds is 7. The highest BCUT2D eigenvalue weighted by atomic mass is 16.5. The van der Waals surface area contributed by atoms with Crippen LogP contribution in [0.2, 0.25) is 0 Å². The Hall–Kier alpha value is -2.92. The van der Waals surface area contributed by atoms with Crippen LogP contribution in [0.3, 0.4) is 0 Å². The maximum Gasteiger partial charge on any atom is 0.252 e. The second-order valence-corrected chi connectivity index (χ2v) is 6.41. The van der Waals surface area contributed by atoms with E-state index in [1.807, 2.05) is 55.5 Å². The zero-order chi connectivity index (χ0) is 19.2. The number of fused-ring (bicyclic) bond motifs is 1. The van der Waals surface area contributed by atoms with Gasteiger partial charge < -0.3 is 14.8 Å². The highest BCUT2D eigenvalue weighted by Gasteiger charge is 2.14. The summed E-state index contributed by atoms with van der Waals surface area (Å²) >= 11 is 0. The largest absolute Gasteiger partial charge is 0.497 e. The first-order chi connectivity index (χ1) is 13.1. The van der Waals surface area contributed by atoms with Gasteiger partial charge >= 0.3 is 0 Å². The van der Waals surface area contributed by atoms with Gasteiger partial charge in [-0.15, -0.1) is 0 Å². The van der Waals surface area contributed by atoms with Gasteiger partial charge in [0.25, 0.3) is 5.91 Å². The van der Waals surface area contributed by atoms with Gasteiger partial charge in [-0.1, -0.05) is 11.6 Å². The average Bonchev–Trinajstić information content (AvgIpc) is 2.70. The minimum atomic E-state index is -0.0983. The van der Waals surface area contributed by atoms with E-state index < -0.39 is 0 Å². The summed E-state index contributed by atoms with van der Waals surface area (Å²) < 4.78 is 10.3. The molecular formula is C22H24N2O3. The highest BCUT2D eigenvalue weighted by Crippen LogP contribution is 2.27. The van der Waals surface area contributed by atoms with Crippen LogP contribution in [0.25, 0.3) is 22.2 Å². The molecule has 0 aliphatic carbocycles. The Balaban J connectivity index is 2.00. The Morgan fingerprint density at radius 1 is 1.07 bits per heavy atom. The van der Waals surface area contributed by atoms with Gasteiger partial charge in [0.2, 0.25) is 0 Å². The molecule has 140 valence electrons. The van der Waals surface area contributed by atoms with Crippen LogP contribution >= 0.6 is 0 Å². The first-order valence-corrected chi connectivity index (χ1v) is 8.95. The molecule has 0 fully saturated rings. The minimum Gasteiger partial charge on any atom is -0.497 e. The highest BCUT2D eigenvalue weighted by molar-refractivity contribution is 6.07. The van der Waals surface area contributed by atoms with E-state index in [2.05, 4.69) is 5.32 Å². The molecule has 0 unspecified atom stereocenters. The summed E-state index contributed by atoms with van der Waals surface area (Å²) in [4.78, 5) is 17.6. The van der Waals surface area contributed by atoms with Crippen LogP contribution in [0.4, 0.5) is 0 Å². The first-order valence-electron chi connectivity index (χ1n) is 8.95. The van der Waals surface area contributed by atoms with E-state index >= 15 is 0 Å². The SMILES string of the molecule is COCCCNC(=O)c1cc(-c2ccc(OC)cc2)nc2ccc(C)cc12. The molecule has 0 radical (unpaired) electrons. The summed E-state index contributed by atoms with van der Waals surface area (Å²) in [6.45, 7) is 3.20. The Morgan fingerprint density at radius 3 is 2.56 bits per heavy atom. The Labute approximate surface area is 159 Å². The normalized spacial score (nSPS) is 10.8. The van der Waals surface area contributed by atoms with Crippen molar-refractivity contribution in [3.8, 4) is 17.0 Å². The Bertz CT molecular complexity index is 936. The molecule has 0 aliphatic heterocycles. The number of amides is 1. The van der Waals surface area contributed by atoms with Crippen molar-refractivity contribution in [3.63, 3.8) is 0 Å². The van der Waals surface area contributed by atoms with Crippen molar-refractivity contribution in [1.82, 2.24) is 10.3 Å². The van der Waals surface area contributed by atoms with Gasteiger partial charge in [-0.2, -0.15) is 0 Å². The number of nitrogens with zero attached hydrogens (tertiary/aromatic N) is 1. The number of carbonyl (C=O) groups is 1. The maximum atomic E-state index is 12.8. The molecule has 3 rings (SSSR count). The molecule has 1 heterocycles. The fourth-order valence-corrected chi connectivity index (χ4v) is 2.95. The number of pyridine rings is 1. The average molecular weight is 364 g/mol. The molecule has 3 aromatic rings. The van der Waals surface area contributed by atoms with Gasteiger partial charge in [-0.3, -0.25) is 4.79 Å². The number of nitrogens with one attached hydrogen (secondary N) is 1. The van der Waals surface area contributed by atoms with Crippen LogP contribution in [0.5, 0.6) is 5.75 Å². The number of carbonyl (C=O) groups excluding carboxylic acids is 1. The first kappa shape index (κ1) is 18.9. The molecular weight excluding hydrogens is 340 g/mol. The van der Waals surface area contributed by atoms with Crippen molar-refractivity contribution in [2.45, 2.75) is 13.3 Å². The zero-order valence-corrected chi connectivity index (χ0v) is 15.9. The molecule has 0 aliphatic rings. The summed E-state index contributed by atoms with van der Waals surface area (Å²) in [6, 6.07) is 15.5. The van der Waals surface area contributed by atoms with Crippen LogP contribution in [0.1, 0.15) is 22.3 Å². The molecule has 1 aromatic heterocycles. The number of hydrogen-bond donors (Lipinski definition) is 1. The summed E-state index contributed by atoms with van der Waals surface area (Å²) in [5, 5.41) is 3.83. The second kappa shape index (κ2) is 8.64. The van der Waals surface area contributed by atoms with E-state index in [1.165, 1.54) is 0 Å². The fourth-order valence-electron chi connectivity index (χ4n) is 2.95. The van der Waals surface area contributed by atoms with Gasteiger partial charge in [-0.25, -0.2) is 4.98 Å². The molecule has 0 saturated heterocycles. The molecule has 0 atom stereocenters. The third-order valence-electron chi connectivity index (χ3n) is 4.41. The van der Waals surface area contributed by atoms with Crippen LogP contribution in [-0.4, -0.2) is 38.3 Å². The molecule has 27 heavy (non-hydrogen) atoms. The maximum absolute atomic E-state index is 12.8. The van der Waals surface area contributed by atoms with E-state index in [0.717, 1.165) is 39.9 Å². The molecule has 2 aromatic carbocycles. The lowest BCUT2D eigenvalue weighted by atomic mass is 10.0. The third kappa shape index (κ3) is 4.44. The van der Waals surface area contributed by atoms with Gasteiger partial charge in [0.05, 0.1) is 23.9 Å². The molecule has 0 bridgehead atoms. The third-order valence-corrected chi connectivity index (χ3v) is 4.41. The predicted molar refractivity (Wildman–Crippen MR) is 107 cm³/mol. The standard InChI is InChI=1S/C22H24N2O3/c1-15-5-10-20-18(13-15)19(22(25)23-11-4-12-26-2)14-21(24-20)16-6-8-17(27-3)9-7-16/h5-10,13-14H,4,11-12H2,1-3H3,(H,23,25). The molecule has 5 heteroatoms. The van der Waals surface area contributed by atoms with E-state index in [0.29, 0.717) is 18.7 Å². The molecule has 0 spiro atoms. The van der Waals surface area contributed by atoms with E-state index in [4.69, 9.17) is 14.5 Å². The molecule has 5 nitrogen and oxygen atoms in total. The summed E-state index contributed by atoms with van der Waals surface area (Å²) in [6.07, 6.45) is 0.773. The van der Waals surface area contributed by atoms with Crippen LogP contribution < -0.4 is 10.1 Å². The van der Waals surface area contributed by atoms with E-state index in [9.17, 15) is 4.79 Å². The van der Waals surface area contributed by atoms with Crippen molar-refractivity contribution in [2.24, 2.45) is 0 Å².